The van der Waals surface area contributed by atoms with E-state index in [9.17, 15) is 5.11 Å². The van der Waals surface area contributed by atoms with Crippen LogP contribution in [0.3, 0.4) is 0 Å². The van der Waals surface area contributed by atoms with Gasteiger partial charge in [0, 0.05) is 35.4 Å². The first kappa shape index (κ1) is 19.2. The van der Waals surface area contributed by atoms with E-state index >= 15 is 0 Å². The molecule has 0 fully saturated rings. The fourth-order valence-electron chi connectivity index (χ4n) is 3.38. The van der Waals surface area contributed by atoms with E-state index in [0.717, 1.165) is 38.3 Å². The van der Waals surface area contributed by atoms with Crippen molar-refractivity contribution in [2.24, 2.45) is 0 Å². The van der Waals surface area contributed by atoms with E-state index in [1.807, 2.05) is 43.3 Å². The number of hydrogen-bond acceptors (Lipinski definition) is 5. The van der Waals surface area contributed by atoms with Gasteiger partial charge in [0.25, 0.3) is 0 Å². The number of halogens is 1. The van der Waals surface area contributed by atoms with Crippen molar-refractivity contribution >= 4 is 39.7 Å². The second-order valence-electron chi connectivity index (χ2n) is 7.05. The maximum absolute atomic E-state index is 9.39. The van der Waals surface area contributed by atoms with Gasteiger partial charge in [0.05, 0.1) is 13.2 Å². The first-order chi connectivity index (χ1) is 14.1. The van der Waals surface area contributed by atoms with Gasteiger partial charge in [0.15, 0.2) is 17.3 Å². The summed E-state index contributed by atoms with van der Waals surface area (Å²) in [7, 11) is 0. The normalized spacial score (nSPS) is 13.4. The largest absolute Gasteiger partial charge is 0.392 e. The average molecular weight is 406 g/mol. The second-order valence-corrected chi connectivity index (χ2v) is 7.46. The zero-order valence-electron chi connectivity index (χ0n) is 16.0. The Hall–Kier alpha value is -3.14. The molecule has 7 heteroatoms. The standard InChI is InChI=1S/C22H20ClN5O/c1-14-3-4-15(9-20(14)23)11-25-21-19-10-17(24-2)5-6-18(19)22(27-26-21)28-8-7-16(12-28)13-29/h3-7,9-10,29H,8,11-13H2,1H3,(H,25,26). The molecule has 2 aromatic carbocycles. The van der Waals surface area contributed by atoms with Gasteiger partial charge < -0.3 is 15.3 Å². The van der Waals surface area contributed by atoms with E-state index in [1.165, 1.54) is 0 Å². The minimum atomic E-state index is 0.0441. The third-order valence-corrected chi connectivity index (χ3v) is 5.47. The monoisotopic (exact) mass is 405 g/mol. The Balaban J connectivity index is 1.68. The zero-order chi connectivity index (χ0) is 20.4. The molecule has 0 amide bonds. The van der Waals surface area contributed by atoms with Crippen LogP contribution in [-0.4, -0.2) is 35.0 Å². The third kappa shape index (κ3) is 3.88. The predicted octanol–water partition coefficient (Wildman–Crippen LogP) is 4.49. The molecule has 0 saturated carbocycles. The number of fused-ring (bicyclic) bond motifs is 1. The number of benzene rings is 2. The summed E-state index contributed by atoms with van der Waals surface area (Å²) in [6, 6.07) is 11.5. The Bertz CT molecular complexity index is 1150. The molecule has 6 nitrogen and oxygen atoms in total. The van der Waals surface area contributed by atoms with Gasteiger partial charge in [-0.05, 0) is 35.8 Å². The number of rotatable bonds is 5. The molecule has 4 rings (SSSR count). The van der Waals surface area contributed by atoms with Gasteiger partial charge in [-0.25, -0.2) is 4.85 Å². The van der Waals surface area contributed by atoms with Crippen LogP contribution in [0.4, 0.5) is 17.3 Å². The zero-order valence-corrected chi connectivity index (χ0v) is 16.7. The summed E-state index contributed by atoms with van der Waals surface area (Å²) in [5, 5.41) is 24.1. The Morgan fingerprint density at radius 3 is 2.79 bits per heavy atom. The molecule has 0 bridgehead atoms. The number of aromatic nitrogens is 2. The summed E-state index contributed by atoms with van der Waals surface area (Å²) >= 11 is 6.23. The quantitative estimate of drug-likeness (QED) is 0.483. The van der Waals surface area contributed by atoms with Gasteiger partial charge in [-0.15, -0.1) is 10.2 Å². The van der Waals surface area contributed by atoms with Gasteiger partial charge in [-0.3, -0.25) is 0 Å². The molecule has 146 valence electrons. The summed E-state index contributed by atoms with van der Waals surface area (Å²) in [5.41, 5.74) is 3.59. The second kappa shape index (κ2) is 8.08. The molecular weight excluding hydrogens is 386 g/mol. The minimum Gasteiger partial charge on any atom is -0.392 e. The van der Waals surface area contributed by atoms with Crippen molar-refractivity contribution in [2.45, 2.75) is 13.5 Å². The maximum atomic E-state index is 9.39. The van der Waals surface area contributed by atoms with E-state index in [1.54, 1.807) is 6.07 Å². The maximum Gasteiger partial charge on any atom is 0.188 e. The van der Waals surface area contributed by atoms with Crippen LogP contribution in [0.5, 0.6) is 0 Å². The van der Waals surface area contributed by atoms with E-state index in [0.29, 0.717) is 31.1 Å². The molecule has 0 radical (unpaired) electrons. The van der Waals surface area contributed by atoms with Gasteiger partial charge in [-0.1, -0.05) is 41.9 Å². The highest BCUT2D eigenvalue weighted by atomic mass is 35.5. The lowest BCUT2D eigenvalue weighted by Crippen LogP contribution is -2.22. The van der Waals surface area contributed by atoms with Crippen molar-refractivity contribution in [3.05, 3.63) is 75.6 Å². The number of aryl methyl sites for hydroxylation is 1. The lowest BCUT2D eigenvalue weighted by Gasteiger charge is -2.20. The Morgan fingerprint density at radius 2 is 2.07 bits per heavy atom. The first-order valence-electron chi connectivity index (χ1n) is 9.29. The molecular formula is C22H20ClN5O. The number of nitrogens with one attached hydrogen (secondary N) is 1. The molecule has 1 aliphatic rings. The van der Waals surface area contributed by atoms with E-state index < -0.39 is 0 Å². The van der Waals surface area contributed by atoms with Crippen LogP contribution in [-0.2, 0) is 6.54 Å². The first-order valence-corrected chi connectivity index (χ1v) is 9.67. The molecule has 2 N–H and O–H groups in total. The van der Waals surface area contributed by atoms with Crippen molar-refractivity contribution in [3.63, 3.8) is 0 Å². The number of aliphatic hydroxyl groups is 1. The van der Waals surface area contributed by atoms with E-state index in [4.69, 9.17) is 18.2 Å². The van der Waals surface area contributed by atoms with Crippen LogP contribution in [0, 0.1) is 13.5 Å². The van der Waals surface area contributed by atoms with E-state index in [2.05, 4.69) is 25.3 Å². The molecule has 1 aliphatic heterocycles. The molecule has 0 unspecified atom stereocenters. The lowest BCUT2D eigenvalue weighted by molar-refractivity contribution is 0.330. The number of aliphatic hydroxyl groups excluding tert-OH is 1. The Morgan fingerprint density at radius 1 is 1.21 bits per heavy atom. The van der Waals surface area contributed by atoms with Crippen molar-refractivity contribution in [1.82, 2.24) is 10.2 Å². The fraction of sp³-hybridized carbons (Fsp3) is 0.227. The summed E-state index contributed by atoms with van der Waals surface area (Å²) in [4.78, 5) is 5.62. The van der Waals surface area contributed by atoms with E-state index in [-0.39, 0.29) is 6.61 Å². The third-order valence-electron chi connectivity index (χ3n) is 5.07. The van der Waals surface area contributed by atoms with Crippen LogP contribution < -0.4 is 10.2 Å². The molecule has 1 aromatic heterocycles. The van der Waals surface area contributed by atoms with Gasteiger partial charge >= 0.3 is 0 Å². The van der Waals surface area contributed by atoms with Gasteiger partial charge in [0.1, 0.15) is 0 Å². The molecule has 3 aromatic rings. The molecule has 0 spiro atoms. The molecule has 0 aliphatic carbocycles. The van der Waals surface area contributed by atoms with Crippen LogP contribution in [0.2, 0.25) is 5.02 Å². The van der Waals surface area contributed by atoms with Crippen LogP contribution in [0.1, 0.15) is 11.1 Å². The predicted molar refractivity (Wildman–Crippen MR) is 117 cm³/mol. The summed E-state index contributed by atoms with van der Waals surface area (Å²) < 4.78 is 0. The van der Waals surface area contributed by atoms with Crippen LogP contribution in [0.25, 0.3) is 15.6 Å². The Labute approximate surface area is 174 Å². The summed E-state index contributed by atoms with van der Waals surface area (Å²) in [6.07, 6.45) is 2.01. The highest BCUT2D eigenvalue weighted by Crippen LogP contribution is 2.33. The van der Waals surface area contributed by atoms with Gasteiger partial charge in [0.2, 0.25) is 0 Å². The molecule has 2 heterocycles. The van der Waals surface area contributed by atoms with Crippen LogP contribution in [0.15, 0.2) is 48.0 Å². The Kier molecular flexibility index (Phi) is 5.34. The lowest BCUT2D eigenvalue weighted by atomic mass is 10.1. The molecule has 0 atom stereocenters. The number of hydrogen-bond donors (Lipinski definition) is 2. The highest BCUT2D eigenvalue weighted by molar-refractivity contribution is 6.31. The summed E-state index contributed by atoms with van der Waals surface area (Å²) in [5.74, 6) is 1.38. The topological polar surface area (TPSA) is 65.6 Å². The average Bonchev–Trinajstić information content (AvgIpc) is 3.23. The highest BCUT2D eigenvalue weighted by Gasteiger charge is 2.19. The van der Waals surface area contributed by atoms with Crippen molar-refractivity contribution < 1.29 is 5.11 Å². The van der Waals surface area contributed by atoms with Crippen LogP contribution >= 0.6 is 11.6 Å². The van der Waals surface area contributed by atoms with Crippen molar-refractivity contribution in [2.75, 3.05) is 29.9 Å². The number of anilines is 2. The molecule has 29 heavy (non-hydrogen) atoms. The smallest absolute Gasteiger partial charge is 0.188 e. The fourth-order valence-corrected chi connectivity index (χ4v) is 3.59. The SMILES string of the molecule is [C-]#[N+]c1ccc2c(N3CC=C(CO)C3)nnc(NCc3ccc(C)c(Cl)c3)c2c1. The summed E-state index contributed by atoms with van der Waals surface area (Å²) in [6.45, 7) is 11.2. The van der Waals surface area contributed by atoms with Gasteiger partial charge in [-0.2, -0.15) is 0 Å². The molecule has 0 saturated heterocycles. The number of nitrogens with zero attached hydrogens (tertiary/aromatic N) is 4. The van der Waals surface area contributed by atoms with Crippen molar-refractivity contribution in [1.29, 1.82) is 0 Å². The minimum absolute atomic E-state index is 0.0441. The van der Waals surface area contributed by atoms with Crippen molar-refractivity contribution in [3.8, 4) is 0 Å².